The third-order valence-electron chi connectivity index (χ3n) is 4.83. The summed E-state index contributed by atoms with van der Waals surface area (Å²) >= 11 is 5.83. The molecule has 7 heteroatoms. The van der Waals surface area contributed by atoms with Crippen LogP contribution in [0.25, 0.3) is 0 Å². The first-order chi connectivity index (χ1) is 13.2. The standard InChI is InChI=1S/C20H24ClN3O3/c1-26-18(16-5-3-2-4-6-16)19(25)27-12-9-15-7-10-24(11-8-15)20-22-13-17(21)14-23-20/h2-6,13-15,18H,7-12H2,1H3/t18-/m0/s1. The van der Waals surface area contributed by atoms with Gasteiger partial charge in [-0.2, -0.15) is 0 Å². The van der Waals surface area contributed by atoms with Gasteiger partial charge in [0.25, 0.3) is 0 Å². The molecule has 1 aromatic heterocycles. The fourth-order valence-electron chi connectivity index (χ4n) is 3.29. The van der Waals surface area contributed by atoms with Gasteiger partial charge in [0.15, 0.2) is 6.10 Å². The second kappa shape index (κ2) is 9.67. The number of anilines is 1. The number of carbonyl (C=O) groups excluding carboxylic acids is 1. The van der Waals surface area contributed by atoms with E-state index < -0.39 is 6.10 Å². The van der Waals surface area contributed by atoms with Gasteiger partial charge >= 0.3 is 5.97 Å². The lowest BCUT2D eigenvalue weighted by atomic mass is 9.94. The maximum Gasteiger partial charge on any atom is 0.339 e. The van der Waals surface area contributed by atoms with E-state index in [1.807, 2.05) is 30.3 Å². The van der Waals surface area contributed by atoms with E-state index in [1.54, 1.807) is 12.4 Å². The van der Waals surface area contributed by atoms with Crippen molar-refractivity contribution in [3.63, 3.8) is 0 Å². The van der Waals surface area contributed by atoms with E-state index in [0.29, 0.717) is 17.5 Å². The molecular weight excluding hydrogens is 366 g/mol. The monoisotopic (exact) mass is 389 g/mol. The van der Waals surface area contributed by atoms with E-state index >= 15 is 0 Å². The summed E-state index contributed by atoms with van der Waals surface area (Å²) in [4.78, 5) is 23.0. The van der Waals surface area contributed by atoms with Crippen molar-refractivity contribution in [1.29, 1.82) is 0 Å². The zero-order chi connectivity index (χ0) is 19.1. The van der Waals surface area contributed by atoms with Crippen molar-refractivity contribution < 1.29 is 14.3 Å². The fourth-order valence-corrected chi connectivity index (χ4v) is 3.39. The fraction of sp³-hybridized carbons (Fsp3) is 0.450. The summed E-state index contributed by atoms with van der Waals surface area (Å²) in [5.41, 5.74) is 0.807. The molecule has 0 saturated carbocycles. The summed E-state index contributed by atoms with van der Waals surface area (Å²) in [7, 11) is 1.52. The number of methoxy groups -OCH3 is 1. The van der Waals surface area contributed by atoms with Crippen LogP contribution in [0.1, 0.15) is 30.9 Å². The van der Waals surface area contributed by atoms with Crippen LogP contribution in [0, 0.1) is 5.92 Å². The first kappa shape index (κ1) is 19.6. The number of benzene rings is 1. The number of piperidine rings is 1. The largest absolute Gasteiger partial charge is 0.463 e. The molecule has 0 N–H and O–H groups in total. The predicted molar refractivity (Wildman–Crippen MR) is 104 cm³/mol. The Kier molecular flexibility index (Phi) is 7.01. The minimum absolute atomic E-state index is 0.337. The van der Waals surface area contributed by atoms with Gasteiger partial charge in [-0.05, 0) is 30.7 Å². The summed E-state index contributed by atoms with van der Waals surface area (Å²) in [5.74, 6) is 0.907. The summed E-state index contributed by atoms with van der Waals surface area (Å²) in [6.07, 6.45) is 5.47. The molecule has 0 unspecified atom stereocenters. The second-order valence-corrected chi connectivity index (χ2v) is 7.05. The molecule has 0 amide bonds. The highest BCUT2D eigenvalue weighted by molar-refractivity contribution is 6.30. The Hall–Kier alpha value is -2.18. The van der Waals surface area contributed by atoms with Crippen molar-refractivity contribution in [2.45, 2.75) is 25.4 Å². The Bertz CT molecular complexity index is 719. The van der Waals surface area contributed by atoms with Gasteiger partial charge in [-0.25, -0.2) is 14.8 Å². The first-order valence-corrected chi connectivity index (χ1v) is 9.52. The SMILES string of the molecule is CO[C@H](C(=O)OCCC1CCN(c2ncc(Cl)cn2)CC1)c1ccccc1. The molecule has 1 atom stereocenters. The number of aromatic nitrogens is 2. The molecule has 6 nitrogen and oxygen atoms in total. The number of ether oxygens (including phenoxy) is 2. The second-order valence-electron chi connectivity index (χ2n) is 6.61. The van der Waals surface area contributed by atoms with Gasteiger partial charge < -0.3 is 14.4 Å². The maximum atomic E-state index is 12.3. The van der Waals surface area contributed by atoms with Crippen LogP contribution in [0.15, 0.2) is 42.7 Å². The van der Waals surface area contributed by atoms with Crippen LogP contribution in [0.4, 0.5) is 5.95 Å². The molecule has 27 heavy (non-hydrogen) atoms. The Morgan fingerprint density at radius 3 is 2.52 bits per heavy atom. The lowest BCUT2D eigenvalue weighted by Gasteiger charge is -2.31. The van der Waals surface area contributed by atoms with Crippen LogP contribution in [0.2, 0.25) is 5.02 Å². The number of carbonyl (C=O) groups is 1. The van der Waals surface area contributed by atoms with E-state index in [2.05, 4.69) is 14.9 Å². The third-order valence-corrected chi connectivity index (χ3v) is 5.02. The van der Waals surface area contributed by atoms with Gasteiger partial charge in [-0.3, -0.25) is 0 Å². The molecule has 2 heterocycles. The maximum absolute atomic E-state index is 12.3. The molecule has 1 saturated heterocycles. The Morgan fingerprint density at radius 2 is 1.89 bits per heavy atom. The van der Waals surface area contributed by atoms with Gasteiger partial charge in [0, 0.05) is 20.2 Å². The number of nitrogens with zero attached hydrogens (tertiary/aromatic N) is 3. The predicted octanol–water partition coefficient (Wildman–Crippen LogP) is 3.67. The third kappa shape index (κ3) is 5.40. The zero-order valence-corrected chi connectivity index (χ0v) is 16.1. The lowest BCUT2D eigenvalue weighted by molar-refractivity contribution is -0.156. The lowest BCUT2D eigenvalue weighted by Crippen LogP contribution is -2.35. The number of rotatable bonds is 7. The number of esters is 1. The molecule has 1 aliphatic rings. The summed E-state index contributed by atoms with van der Waals surface area (Å²) in [6, 6.07) is 9.40. The van der Waals surface area contributed by atoms with Crippen LogP contribution in [-0.4, -0.2) is 42.7 Å². The van der Waals surface area contributed by atoms with Gasteiger partial charge in [0.05, 0.1) is 24.0 Å². The average molecular weight is 390 g/mol. The molecule has 144 valence electrons. The van der Waals surface area contributed by atoms with Crippen LogP contribution in [0.5, 0.6) is 0 Å². The molecule has 0 bridgehead atoms. The molecular formula is C20H24ClN3O3. The first-order valence-electron chi connectivity index (χ1n) is 9.14. The summed E-state index contributed by atoms with van der Waals surface area (Å²) in [5, 5.41) is 0.542. The highest BCUT2D eigenvalue weighted by Crippen LogP contribution is 2.24. The Balaban J connectivity index is 1.41. The van der Waals surface area contributed by atoms with E-state index in [0.717, 1.165) is 43.9 Å². The Morgan fingerprint density at radius 1 is 1.22 bits per heavy atom. The molecule has 2 aromatic rings. The van der Waals surface area contributed by atoms with Gasteiger partial charge in [0.1, 0.15) is 0 Å². The van der Waals surface area contributed by atoms with Crippen LogP contribution in [0.3, 0.4) is 0 Å². The molecule has 1 aliphatic heterocycles. The minimum Gasteiger partial charge on any atom is -0.463 e. The average Bonchev–Trinajstić information content (AvgIpc) is 2.71. The highest BCUT2D eigenvalue weighted by atomic mass is 35.5. The van der Waals surface area contributed by atoms with Crippen molar-refractivity contribution in [2.24, 2.45) is 5.92 Å². The molecule has 1 aromatic carbocycles. The normalized spacial score (nSPS) is 16.1. The van der Waals surface area contributed by atoms with Crippen molar-refractivity contribution in [3.8, 4) is 0 Å². The molecule has 0 aliphatic carbocycles. The van der Waals surface area contributed by atoms with Crippen LogP contribution >= 0.6 is 11.6 Å². The van der Waals surface area contributed by atoms with Crippen molar-refractivity contribution >= 4 is 23.5 Å². The number of hydrogen-bond acceptors (Lipinski definition) is 6. The topological polar surface area (TPSA) is 64.6 Å². The quantitative estimate of drug-likeness (QED) is 0.673. The van der Waals surface area contributed by atoms with Crippen molar-refractivity contribution in [3.05, 3.63) is 53.3 Å². The van der Waals surface area contributed by atoms with E-state index in [4.69, 9.17) is 21.1 Å². The van der Waals surface area contributed by atoms with Crippen LogP contribution < -0.4 is 4.90 Å². The van der Waals surface area contributed by atoms with Crippen molar-refractivity contribution in [1.82, 2.24) is 9.97 Å². The molecule has 0 spiro atoms. The summed E-state index contributed by atoms with van der Waals surface area (Å²) < 4.78 is 10.8. The highest BCUT2D eigenvalue weighted by Gasteiger charge is 2.24. The molecule has 0 radical (unpaired) electrons. The minimum atomic E-state index is -0.671. The molecule has 3 rings (SSSR count). The van der Waals surface area contributed by atoms with E-state index in [9.17, 15) is 4.79 Å². The Labute approximate surface area is 164 Å². The zero-order valence-electron chi connectivity index (χ0n) is 15.4. The van der Waals surface area contributed by atoms with Gasteiger partial charge in [-0.1, -0.05) is 41.9 Å². The smallest absolute Gasteiger partial charge is 0.339 e. The van der Waals surface area contributed by atoms with Gasteiger partial charge in [-0.15, -0.1) is 0 Å². The van der Waals surface area contributed by atoms with E-state index in [-0.39, 0.29) is 5.97 Å². The summed E-state index contributed by atoms with van der Waals surface area (Å²) in [6.45, 7) is 2.20. The number of halogens is 1. The van der Waals surface area contributed by atoms with E-state index in [1.165, 1.54) is 7.11 Å². The molecule has 1 fully saturated rings. The van der Waals surface area contributed by atoms with Crippen molar-refractivity contribution in [2.75, 3.05) is 31.7 Å². The van der Waals surface area contributed by atoms with Crippen LogP contribution in [-0.2, 0) is 14.3 Å². The van der Waals surface area contributed by atoms with Gasteiger partial charge in [0.2, 0.25) is 5.95 Å². The number of hydrogen-bond donors (Lipinski definition) is 0.